The van der Waals surface area contributed by atoms with Crippen molar-refractivity contribution in [3.8, 4) is 10.4 Å². The maximum Gasteiger partial charge on any atom is 0.309 e. The van der Waals surface area contributed by atoms with E-state index >= 15 is 0 Å². The Morgan fingerprint density at radius 3 is 2.72 bits per heavy atom. The number of carbonyl (C=O) groups excluding carboxylic acids is 1. The summed E-state index contributed by atoms with van der Waals surface area (Å²) in [6.07, 6.45) is 1.50. The lowest BCUT2D eigenvalue weighted by Crippen LogP contribution is -2.37. The maximum atomic E-state index is 13.2. The number of ether oxygens (including phenoxy) is 1. The van der Waals surface area contributed by atoms with Gasteiger partial charge in [0.05, 0.1) is 24.6 Å². The highest BCUT2D eigenvalue weighted by Crippen LogP contribution is 2.31. The number of benzene rings is 1. The van der Waals surface area contributed by atoms with Crippen LogP contribution in [0.1, 0.15) is 25.6 Å². The topological polar surface area (TPSA) is 75.3 Å². The zero-order valence-electron chi connectivity index (χ0n) is 16.1. The summed E-state index contributed by atoms with van der Waals surface area (Å²) in [7, 11) is 0. The number of fused-ring (bicyclic) bond motifs is 1. The van der Waals surface area contributed by atoms with Crippen molar-refractivity contribution in [2.24, 2.45) is 5.92 Å². The van der Waals surface area contributed by atoms with E-state index in [1.54, 1.807) is 12.1 Å². The number of aromatic nitrogens is 2. The molecule has 0 radical (unpaired) electrons. The number of halogens is 1. The molecule has 3 aromatic rings. The predicted molar refractivity (Wildman–Crippen MR) is 110 cm³/mol. The van der Waals surface area contributed by atoms with E-state index in [4.69, 9.17) is 4.74 Å². The summed E-state index contributed by atoms with van der Waals surface area (Å²) in [5.41, 5.74) is 1.34. The van der Waals surface area contributed by atoms with Gasteiger partial charge in [-0.2, -0.15) is 0 Å². The van der Waals surface area contributed by atoms with Gasteiger partial charge in [0, 0.05) is 4.88 Å². The van der Waals surface area contributed by atoms with Crippen LogP contribution in [-0.2, 0) is 16.1 Å². The lowest BCUT2D eigenvalue weighted by molar-refractivity contribution is -0.149. The summed E-state index contributed by atoms with van der Waals surface area (Å²) in [5, 5.41) is 0. The number of rotatable bonds is 5. The van der Waals surface area contributed by atoms with E-state index in [-0.39, 0.29) is 23.3 Å². The Bertz CT molecular complexity index is 1070. The van der Waals surface area contributed by atoms with Crippen molar-refractivity contribution < 1.29 is 13.9 Å². The first-order valence-corrected chi connectivity index (χ1v) is 10.5. The normalized spacial score (nSPS) is 15.7. The number of esters is 1. The van der Waals surface area contributed by atoms with Gasteiger partial charge >= 0.3 is 5.97 Å². The van der Waals surface area contributed by atoms with Gasteiger partial charge in [0.25, 0.3) is 5.56 Å². The molecule has 4 rings (SSSR count). The van der Waals surface area contributed by atoms with Crippen LogP contribution in [0.3, 0.4) is 0 Å². The Labute approximate surface area is 171 Å². The number of H-pyrrole nitrogens is 1. The minimum absolute atomic E-state index is 0.0455. The third-order valence-electron chi connectivity index (χ3n) is 5.14. The molecule has 0 spiro atoms. The SMILES string of the molecule is CCOC(=O)C1CCN(Cc2nc3cc(-c4ccc(F)cc4)sc3c(=O)[nH]2)CC1. The van der Waals surface area contributed by atoms with E-state index in [9.17, 15) is 14.0 Å². The Balaban J connectivity index is 1.48. The zero-order chi connectivity index (χ0) is 20.4. The Morgan fingerprint density at radius 2 is 2.03 bits per heavy atom. The van der Waals surface area contributed by atoms with E-state index in [0.717, 1.165) is 36.4 Å². The van der Waals surface area contributed by atoms with Crippen molar-refractivity contribution in [2.75, 3.05) is 19.7 Å². The number of piperidine rings is 1. The largest absolute Gasteiger partial charge is 0.466 e. The molecule has 1 aromatic carbocycles. The van der Waals surface area contributed by atoms with Gasteiger partial charge in [-0.25, -0.2) is 9.37 Å². The molecular weight excluding hydrogens is 393 g/mol. The lowest BCUT2D eigenvalue weighted by atomic mass is 9.97. The quantitative estimate of drug-likeness (QED) is 0.645. The molecule has 1 fully saturated rings. The average molecular weight is 415 g/mol. The van der Waals surface area contributed by atoms with E-state index in [0.29, 0.717) is 29.2 Å². The van der Waals surface area contributed by atoms with E-state index in [2.05, 4.69) is 14.9 Å². The standard InChI is InChI=1S/C21H22FN3O3S/c1-2-28-21(27)14-7-9-25(10-8-14)12-18-23-16-11-17(29-19(16)20(26)24-18)13-3-5-15(22)6-4-13/h3-6,11,14H,2,7-10,12H2,1H3,(H,23,24,26). The number of nitrogens with one attached hydrogen (secondary N) is 1. The highest BCUT2D eigenvalue weighted by atomic mass is 32.1. The van der Waals surface area contributed by atoms with Crippen molar-refractivity contribution in [1.29, 1.82) is 0 Å². The van der Waals surface area contributed by atoms with Gasteiger partial charge in [0.1, 0.15) is 16.3 Å². The fraction of sp³-hybridized carbons (Fsp3) is 0.381. The molecule has 1 N–H and O–H groups in total. The van der Waals surface area contributed by atoms with Gasteiger partial charge in [-0.05, 0) is 56.6 Å². The zero-order valence-corrected chi connectivity index (χ0v) is 16.9. The Morgan fingerprint density at radius 1 is 1.31 bits per heavy atom. The molecule has 1 saturated heterocycles. The predicted octanol–water partition coefficient (Wildman–Crippen LogP) is 3.57. The third-order valence-corrected chi connectivity index (χ3v) is 6.31. The van der Waals surface area contributed by atoms with Crippen LogP contribution in [0.15, 0.2) is 35.1 Å². The van der Waals surface area contributed by atoms with Crippen molar-refractivity contribution in [3.05, 3.63) is 52.3 Å². The van der Waals surface area contributed by atoms with Crippen LogP contribution < -0.4 is 5.56 Å². The van der Waals surface area contributed by atoms with Gasteiger partial charge < -0.3 is 9.72 Å². The van der Waals surface area contributed by atoms with Crippen LogP contribution in [-0.4, -0.2) is 40.5 Å². The third kappa shape index (κ3) is 4.38. The van der Waals surface area contributed by atoms with Crippen molar-refractivity contribution >= 4 is 27.5 Å². The summed E-state index contributed by atoms with van der Waals surface area (Å²) >= 11 is 1.35. The molecule has 6 nitrogen and oxygen atoms in total. The van der Waals surface area contributed by atoms with Crippen molar-refractivity contribution in [3.63, 3.8) is 0 Å². The molecule has 1 aliphatic rings. The summed E-state index contributed by atoms with van der Waals surface area (Å²) in [5.74, 6) is 0.155. The van der Waals surface area contributed by atoms with Gasteiger partial charge in [-0.3, -0.25) is 14.5 Å². The van der Waals surface area contributed by atoms with Crippen LogP contribution in [0.25, 0.3) is 20.7 Å². The molecule has 152 valence electrons. The van der Waals surface area contributed by atoms with E-state index in [1.807, 2.05) is 13.0 Å². The fourth-order valence-corrected chi connectivity index (χ4v) is 4.62. The van der Waals surface area contributed by atoms with Crippen LogP contribution in [0.4, 0.5) is 4.39 Å². The molecule has 3 heterocycles. The minimum Gasteiger partial charge on any atom is -0.466 e. The van der Waals surface area contributed by atoms with Crippen LogP contribution in [0.5, 0.6) is 0 Å². The van der Waals surface area contributed by atoms with Crippen molar-refractivity contribution in [2.45, 2.75) is 26.3 Å². The number of thiophene rings is 1. The molecule has 0 amide bonds. The van der Waals surface area contributed by atoms with E-state index < -0.39 is 0 Å². The van der Waals surface area contributed by atoms with Gasteiger partial charge in [-0.15, -0.1) is 11.3 Å². The molecule has 0 atom stereocenters. The lowest BCUT2D eigenvalue weighted by Gasteiger charge is -2.30. The molecule has 29 heavy (non-hydrogen) atoms. The fourth-order valence-electron chi connectivity index (χ4n) is 3.62. The molecule has 0 unspecified atom stereocenters. The molecule has 0 saturated carbocycles. The number of nitrogens with zero attached hydrogens (tertiary/aromatic N) is 2. The summed E-state index contributed by atoms with van der Waals surface area (Å²) in [6, 6.07) is 8.08. The van der Waals surface area contributed by atoms with Crippen LogP contribution in [0, 0.1) is 11.7 Å². The average Bonchev–Trinajstić information content (AvgIpc) is 3.14. The first-order chi connectivity index (χ1) is 14.0. The summed E-state index contributed by atoms with van der Waals surface area (Å²) in [4.78, 5) is 35.0. The molecule has 1 aliphatic heterocycles. The number of hydrogen-bond acceptors (Lipinski definition) is 6. The summed E-state index contributed by atoms with van der Waals surface area (Å²) in [6.45, 7) is 4.27. The summed E-state index contributed by atoms with van der Waals surface area (Å²) < 4.78 is 18.8. The molecule has 2 aromatic heterocycles. The Kier molecular flexibility index (Phi) is 5.73. The second-order valence-corrected chi connectivity index (χ2v) is 8.20. The van der Waals surface area contributed by atoms with Gasteiger partial charge in [0.15, 0.2) is 0 Å². The molecule has 0 bridgehead atoms. The smallest absolute Gasteiger partial charge is 0.309 e. The molecule has 8 heteroatoms. The van der Waals surface area contributed by atoms with Crippen LogP contribution in [0.2, 0.25) is 0 Å². The monoisotopic (exact) mass is 415 g/mol. The number of carbonyl (C=O) groups is 1. The van der Waals surface area contributed by atoms with Crippen molar-refractivity contribution in [1.82, 2.24) is 14.9 Å². The highest BCUT2D eigenvalue weighted by molar-refractivity contribution is 7.22. The Hall–Kier alpha value is -2.58. The number of hydrogen-bond donors (Lipinski definition) is 1. The molecule has 0 aliphatic carbocycles. The second-order valence-electron chi connectivity index (χ2n) is 7.15. The van der Waals surface area contributed by atoms with E-state index in [1.165, 1.54) is 23.5 Å². The molecular formula is C21H22FN3O3S. The maximum absolute atomic E-state index is 13.2. The second kappa shape index (κ2) is 8.42. The minimum atomic E-state index is -0.292. The number of likely N-dealkylation sites (tertiary alicyclic amines) is 1. The number of aromatic amines is 1. The highest BCUT2D eigenvalue weighted by Gasteiger charge is 2.26. The van der Waals surface area contributed by atoms with Gasteiger partial charge in [-0.1, -0.05) is 12.1 Å². The first kappa shape index (κ1) is 19.7. The van der Waals surface area contributed by atoms with Gasteiger partial charge in [0.2, 0.25) is 0 Å². The first-order valence-electron chi connectivity index (χ1n) is 9.71. The van der Waals surface area contributed by atoms with Crippen LogP contribution >= 0.6 is 11.3 Å².